The minimum absolute atomic E-state index is 0.411. The summed E-state index contributed by atoms with van der Waals surface area (Å²) in [7, 11) is -21.3. The summed E-state index contributed by atoms with van der Waals surface area (Å²) in [5.74, 6) is -14.6. The lowest BCUT2D eigenvalue weighted by molar-refractivity contribution is -0.205. The lowest BCUT2D eigenvalue weighted by Gasteiger charge is -2.23. The lowest BCUT2D eigenvalue weighted by atomic mass is 10.1. The maximum Gasteiger partial charge on any atom is 0.469 e. The number of phosphoric ester groups is 4. The Morgan fingerprint density at radius 2 is 0.717 bits per heavy atom. The number of aromatic amines is 4. The number of aromatic nitrogens is 8. The van der Waals surface area contributed by atoms with E-state index in [1.165, 1.54) is 0 Å². The van der Waals surface area contributed by atoms with Gasteiger partial charge in [0, 0.05) is 24.8 Å². The molecule has 4 aromatic heterocycles. The summed E-state index contributed by atoms with van der Waals surface area (Å²) in [5.41, 5.74) is -4.56. The molecule has 0 unspecified atom stereocenters. The molecule has 0 amide bonds. The van der Waals surface area contributed by atoms with E-state index in [2.05, 4.69) is 42.0 Å². The molecule has 41 nitrogen and oxygen atoms in total. The van der Waals surface area contributed by atoms with Gasteiger partial charge in [0.05, 0.1) is 8.22 Å². The largest absolute Gasteiger partial charge is 0.469 e. The number of aliphatic hydroxyl groups is 8. The zero-order chi connectivity index (χ0) is 75.7. The second-order valence-corrected chi connectivity index (χ2v) is 25.4. The van der Waals surface area contributed by atoms with Crippen LogP contribution in [-0.2, 0) is 55.3 Å². The van der Waals surface area contributed by atoms with Crippen molar-refractivity contribution in [3.8, 4) is 0 Å². The van der Waals surface area contributed by atoms with Crippen molar-refractivity contribution in [2.75, 3.05) is 26.3 Å². The maximum absolute atomic E-state index is 15.0. The van der Waals surface area contributed by atoms with Crippen LogP contribution >= 0.6 is 114 Å². The van der Waals surface area contributed by atoms with E-state index in [0.29, 0.717) is 19.9 Å². The third-order valence-electron chi connectivity index (χ3n) is 11.3. The van der Waals surface area contributed by atoms with Crippen LogP contribution in [0.4, 0.5) is 17.6 Å². The van der Waals surface area contributed by atoms with Crippen LogP contribution in [0, 0.1) is 14.3 Å². The van der Waals surface area contributed by atoms with Crippen LogP contribution in [0.2, 0.25) is 20.1 Å². The Bertz CT molecular complexity index is 4410. The maximum atomic E-state index is 15.0. The molecule has 0 spiro atoms. The highest BCUT2D eigenvalue weighted by Crippen LogP contribution is 2.48. The summed E-state index contributed by atoms with van der Waals surface area (Å²) < 4.78 is 182. The van der Waals surface area contributed by atoms with E-state index in [4.69, 9.17) is 130 Å². The van der Waals surface area contributed by atoms with Crippen LogP contribution in [0.5, 0.6) is 0 Å². The predicted octanol–water partition coefficient (Wildman–Crippen LogP) is -3.03. The molecule has 8 heterocycles. The molecule has 92 heavy (non-hydrogen) atoms. The van der Waals surface area contributed by atoms with Crippen LogP contribution < -0.4 is 27.9 Å². The lowest BCUT2D eigenvalue weighted by Crippen LogP contribution is -2.43. The van der Waals surface area contributed by atoms with E-state index in [1.54, 1.807) is 4.98 Å². The molecule has 0 bridgehead atoms. The zero-order valence-electron chi connectivity index (χ0n) is 49.4. The number of hydrogen-bond donors (Lipinski definition) is 20. The summed E-state index contributed by atoms with van der Waals surface area (Å²) >= 11 is 36.6. The van der Waals surface area contributed by atoms with Crippen molar-refractivity contribution in [2.45, 2.75) is 97.1 Å². The Kier molecular flexibility index (Phi) is 22.8. The quantitative estimate of drug-likeness (QED) is 0.0301. The van der Waals surface area contributed by atoms with Crippen molar-refractivity contribution in [1.29, 1.82) is 0 Å². The highest BCUT2D eigenvalue weighted by molar-refractivity contribution is 7.71. The molecule has 16 atom stereocenters. The molecule has 4 aliphatic rings. The van der Waals surface area contributed by atoms with Gasteiger partial charge < -0.3 is 98.9 Å². The van der Waals surface area contributed by atoms with Gasteiger partial charge in [0.25, 0.3) is 45.7 Å². The Hall–Kier alpha value is -3.18. The summed E-state index contributed by atoms with van der Waals surface area (Å²) in [5, 5.41) is 76.9. The van der Waals surface area contributed by atoms with Gasteiger partial charge in [0.15, 0.2) is 39.2 Å². The first-order valence-electron chi connectivity index (χ1n) is 25.9. The number of halogens is 8. The normalized spacial score (nSPS) is 34.3. The van der Waals surface area contributed by atoms with Crippen molar-refractivity contribution in [1.82, 2.24) is 38.2 Å². The smallest absolute Gasteiger partial charge is 0.385 e. The second kappa shape index (κ2) is 29.9. The summed E-state index contributed by atoms with van der Waals surface area (Å²) in [6.45, 7) is -10.8. The first-order chi connectivity index (χ1) is 44.0. The zero-order valence-corrected chi connectivity index (χ0v) is 52.5. The molecular formula is C36H44Cl4F4N8O33P4S3. The van der Waals surface area contributed by atoms with Crippen LogP contribution in [-0.4, -0.2) is 217 Å². The van der Waals surface area contributed by atoms with E-state index >= 15 is 4.39 Å². The van der Waals surface area contributed by atoms with Crippen molar-refractivity contribution >= 4 is 114 Å². The molecule has 0 radical (unpaired) electrons. The van der Waals surface area contributed by atoms with Gasteiger partial charge in [-0.1, -0.05) is 46.4 Å². The van der Waals surface area contributed by atoms with Crippen molar-refractivity contribution in [3.05, 3.63) is 111 Å². The minimum atomic E-state index is -5.61. The van der Waals surface area contributed by atoms with E-state index in [-0.39, 0.29) is 0 Å². The van der Waals surface area contributed by atoms with Crippen LogP contribution in [0.1, 0.15) is 33.1 Å². The van der Waals surface area contributed by atoms with Gasteiger partial charge in [0.1, 0.15) is 95.3 Å². The third kappa shape index (κ3) is 19.6. The number of phosphoric acid groups is 4. The van der Waals surface area contributed by atoms with Gasteiger partial charge >= 0.3 is 37.0 Å². The number of ether oxygens (including phenoxy) is 4. The fraction of sp³-hybridized carbons (Fsp3) is 0.556. The molecule has 4 saturated heterocycles. The highest BCUT2D eigenvalue weighted by Gasteiger charge is 2.60. The molecule has 0 aromatic carbocycles. The molecule has 0 saturated carbocycles. The molecule has 56 heteroatoms. The number of nitrogens with one attached hydrogen (secondary N) is 4. The highest BCUT2D eigenvalue weighted by atomic mass is 35.5. The third-order valence-corrected chi connectivity index (χ3v) is 14.8. The first-order valence-corrected chi connectivity index (χ1v) is 31.8. The SMILES string of the molecule is O=c1[nH]c(=O)n([C@@H]2O[C@](F)(COP(=O)(O)O)[C@@H](O)[C@H]2O)cc1Cl.[2H]C([2H])(OP(=O)(O)O)[C@@]1(F)O[C@@H](n2cc(Cl)c(=O)[nH]c2=S)[C@H](O)[C@@H]1O.[2H]C([2H])(OP(=O)(O)O)[C@@]1(F)O[C@@]([2H])(n2cc(Cl)c(=O)[nH]c2=S)[C@H](O)[C@@H]1O.[2H][C@@]1(n2cc(Cl)c(=O)[nH]c2=S)O[C@](F)(COP(=O)(O)O)[C@@H](O)[C@H]1O. The fourth-order valence-corrected chi connectivity index (χ4v) is 9.54. The van der Waals surface area contributed by atoms with Gasteiger partial charge in [-0.2, -0.15) is 0 Å². The second-order valence-electron chi connectivity index (χ2n) is 17.8. The average molecular weight is 1560 g/mol. The Balaban J connectivity index is 0.000000236. The summed E-state index contributed by atoms with van der Waals surface area (Å²) in [6.07, 6.45) is -25.7. The fourth-order valence-electron chi connectivity index (χ4n) is 7.05. The molecule has 20 N–H and O–H groups in total. The van der Waals surface area contributed by atoms with Crippen LogP contribution in [0.25, 0.3) is 0 Å². The van der Waals surface area contributed by atoms with Gasteiger partial charge in [-0.15, -0.1) is 0 Å². The van der Waals surface area contributed by atoms with Gasteiger partial charge in [-0.25, -0.2) is 40.6 Å². The number of alkyl halides is 4. The molecular weight excluding hydrogens is 1510 g/mol. The number of aliphatic hydroxyl groups excluding tert-OH is 8. The number of nitrogens with zero attached hydrogens (tertiary/aromatic N) is 4. The molecule has 0 aliphatic carbocycles. The molecule has 4 fully saturated rings. The van der Waals surface area contributed by atoms with Gasteiger partial charge in [0.2, 0.25) is 0 Å². The summed E-state index contributed by atoms with van der Waals surface area (Å²) in [4.78, 5) is 134. The molecule has 520 valence electrons. The van der Waals surface area contributed by atoms with Crippen molar-refractivity contribution < 1.29 is 161 Å². The number of rotatable bonds is 16. The van der Waals surface area contributed by atoms with E-state index in [0.717, 1.165) is 23.2 Å². The molecule has 8 rings (SSSR count). The first kappa shape index (κ1) is 70.1. The Morgan fingerprint density at radius 3 is 1.10 bits per heavy atom. The number of hydrogen-bond acceptors (Lipinski definition) is 28. The van der Waals surface area contributed by atoms with E-state index in [9.17, 15) is 96.3 Å². The number of H-pyrrole nitrogens is 4. The average Bonchev–Trinajstić information content (AvgIpc) is 1.58. The Labute approximate surface area is 545 Å². The minimum Gasteiger partial charge on any atom is -0.385 e. The van der Waals surface area contributed by atoms with E-state index < -0.39 is 217 Å². The summed E-state index contributed by atoms with van der Waals surface area (Å²) in [6, 6.07) is 0. The van der Waals surface area contributed by atoms with Crippen LogP contribution in [0.15, 0.2) is 48.8 Å². The van der Waals surface area contributed by atoms with Gasteiger partial charge in [-0.3, -0.25) is 75.5 Å². The molecule has 4 aliphatic heterocycles. The predicted molar refractivity (Wildman–Crippen MR) is 295 cm³/mol. The molecule has 4 aromatic rings. The monoisotopic (exact) mass is 1560 g/mol. The van der Waals surface area contributed by atoms with E-state index in [1.807, 2.05) is 9.97 Å². The Morgan fingerprint density at radius 1 is 0.457 bits per heavy atom. The van der Waals surface area contributed by atoms with Crippen molar-refractivity contribution in [2.24, 2.45) is 0 Å². The standard InChI is InChI=1S/C9H11ClFN2O9P.3C9H11ClFN2O8PS/c10-3-1-13(8(17)12-6(3)16)7-4(14)5(15)9(11,22-7)2-21-23(18,19)20;3*10-3-1-13(8(23)12-6(3)16)7-4(14)5(15)9(11,21-7)2-20-22(17,18)19/h1,4-5,7,14-15H,2H2,(H,12,16,17)(H2,18,19,20);3*1,4-5,7,14-15H,2H2,(H,12,16,23)(H2,17,18,19)/t4*4-,5+,7-,9-/m1111/s1/i;2D2,7D;7D;2D2. The van der Waals surface area contributed by atoms with Crippen LogP contribution in [0.3, 0.4) is 0 Å². The van der Waals surface area contributed by atoms with Gasteiger partial charge in [-0.05, 0) is 36.7 Å². The van der Waals surface area contributed by atoms with Crippen molar-refractivity contribution in [3.63, 3.8) is 0 Å². The topological polar surface area (TPSA) is 634 Å².